The summed E-state index contributed by atoms with van der Waals surface area (Å²) in [7, 11) is 0. The number of carbonyl (C=O) groups is 2. The average Bonchev–Trinajstić information content (AvgIpc) is 2.73. The van der Waals surface area contributed by atoms with E-state index in [4.69, 9.17) is 5.11 Å². The number of rotatable bonds is 8. The van der Waals surface area contributed by atoms with Crippen LogP contribution in [0.2, 0.25) is 0 Å². The zero-order valence-electron chi connectivity index (χ0n) is 17.0. The number of anilines is 1. The van der Waals surface area contributed by atoms with Gasteiger partial charge in [-0.3, -0.25) is 4.79 Å². The van der Waals surface area contributed by atoms with Crippen LogP contribution in [0.1, 0.15) is 27.0 Å². The van der Waals surface area contributed by atoms with Crippen LogP contribution in [0.15, 0.2) is 77.7 Å². The number of hydrogen-bond acceptors (Lipinski definition) is 4. The Morgan fingerprint density at radius 3 is 2.37 bits per heavy atom. The summed E-state index contributed by atoms with van der Waals surface area (Å²) in [6.07, 6.45) is 0. The zero-order valence-corrected chi connectivity index (χ0v) is 17.8. The number of carboxylic acid groups (broad SMARTS) is 1. The molecule has 0 saturated heterocycles. The van der Waals surface area contributed by atoms with E-state index in [9.17, 15) is 9.59 Å². The van der Waals surface area contributed by atoms with E-state index in [0.717, 1.165) is 21.7 Å². The van der Waals surface area contributed by atoms with Crippen LogP contribution in [0.25, 0.3) is 0 Å². The van der Waals surface area contributed by atoms with Gasteiger partial charge in [0.25, 0.3) is 0 Å². The van der Waals surface area contributed by atoms with Crippen LogP contribution >= 0.6 is 11.9 Å². The van der Waals surface area contributed by atoms with Gasteiger partial charge < -0.3 is 14.7 Å². The van der Waals surface area contributed by atoms with Gasteiger partial charge in [-0.2, -0.15) is 0 Å². The third-order valence-corrected chi connectivity index (χ3v) is 5.52. The summed E-state index contributed by atoms with van der Waals surface area (Å²) < 4.78 is 1.96. The second kappa shape index (κ2) is 9.98. The van der Waals surface area contributed by atoms with Crippen molar-refractivity contribution in [2.24, 2.45) is 0 Å². The van der Waals surface area contributed by atoms with Crippen molar-refractivity contribution in [3.63, 3.8) is 0 Å². The summed E-state index contributed by atoms with van der Waals surface area (Å²) in [5, 5.41) is 12.0. The maximum atomic E-state index is 12.7. The molecule has 0 radical (unpaired) electrons. The number of benzene rings is 3. The molecule has 0 saturated carbocycles. The third kappa shape index (κ3) is 6.12. The predicted octanol–water partition coefficient (Wildman–Crippen LogP) is 4.83. The minimum atomic E-state index is -0.983. The van der Waals surface area contributed by atoms with Crippen molar-refractivity contribution in [3.8, 4) is 0 Å². The molecule has 5 nitrogen and oxygen atoms in total. The van der Waals surface area contributed by atoms with E-state index in [1.54, 1.807) is 18.2 Å². The summed E-state index contributed by atoms with van der Waals surface area (Å²) in [6.45, 7) is 4.50. The number of aryl methyl sites for hydroxylation is 2. The van der Waals surface area contributed by atoms with Crippen molar-refractivity contribution < 1.29 is 14.7 Å². The topological polar surface area (TPSA) is 69.6 Å². The molecule has 154 valence electrons. The van der Waals surface area contributed by atoms with Gasteiger partial charge in [-0.1, -0.05) is 42.0 Å². The normalized spacial score (nSPS) is 10.5. The van der Waals surface area contributed by atoms with Gasteiger partial charge in [0.2, 0.25) is 5.91 Å². The summed E-state index contributed by atoms with van der Waals surface area (Å²) in [4.78, 5) is 24.8. The molecular weight excluding hydrogens is 396 g/mol. The third-order valence-electron chi connectivity index (χ3n) is 4.48. The molecule has 0 spiro atoms. The molecule has 2 N–H and O–H groups in total. The van der Waals surface area contributed by atoms with E-state index in [0.29, 0.717) is 0 Å². The highest BCUT2D eigenvalue weighted by Crippen LogP contribution is 2.29. The van der Waals surface area contributed by atoms with Crippen molar-refractivity contribution in [2.45, 2.75) is 25.3 Å². The summed E-state index contributed by atoms with van der Waals surface area (Å²) in [5.74, 6) is -1.12. The minimum absolute atomic E-state index is 0.142. The molecule has 0 unspecified atom stereocenters. The van der Waals surface area contributed by atoms with Gasteiger partial charge in [-0.25, -0.2) is 4.79 Å². The predicted molar refractivity (Wildman–Crippen MR) is 121 cm³/mol. The van der Waals surface area contributed by atoms with E-state index in [2.05, 4.69) is 5.32 Å². The molecule has 3 aromatic rings. The summed E-state index contributed by atoms with van der Waals surface area (Å²) in [5.41, 5.74) is 4.20. The second-order valence-electron chi connectivity index (χ2n) is 7.06. The molecule has 3 rings (SSSR count). The van der Waals surface area contributed by atoms with E-state index in [1.165, 1.54) is 23.6 Å². The SMILES string of the molecule is Cc1ccc(SN(CC(=O)NCc2cccc(C(=O)O)c2)c2cccc(C)c2)cc1. The Kier molecular flexibility index (Phi) is 7.14. The fourth-order valence-electron chi connectivity index (χ4n) is 2.89. The van der Waals surface area contributed by atoms with Gasteiger partial charge in [-0.05, 0) is 73.3 Å². The Morgan fingerprint density at radius 2 is 1.67 bits per heavy atom. The maximum absolute atomic E-state index is 12.7. The second-order valence-corrected chi connectivity index (χ2v) is 8.16. The zero-order chi connectivity index (χ0) is 21.5. The number of amides is 1. The van der Waals surface area contributed by atoms with Crippen molar-refractivity contribution in [3.05, 3.63) is 95.1 Å². The van der Waals surface area contributed by atoms with Crippen molar-refractivity contribution >= 4 is 29.5 Å². The number of carbonyl (C=O) groups excluding carboxylic acids is 1. The Balaban J connectivity index is 1.70. The molecule has 0 atom stereocenters. The summed E-state index contributed by atoms with van der Waals surface area (Å²) in [6, 6.07) is 22.8. The van der Waals surface area contributed by atoms with Crippen LogP contribution in [0, 0.1) is 13.8 Å². The van der Waals surface area contributed by atoms with E-state index in [-0.39, 0.29) is 24.6 Å². The average molecular weight is 421 g/mol. The highest BCUT2D eigenvalue weighted by Gasteiger charge is 2.14. The van der Waals surface area contributed by atoms with Crippen molar-refractivity contribution in [1.29, 1.82) is 0 Å². The van der Waals surface area contributed by atoms with Crippen LogP contribution in [-0.4, -0.2) is 23.5 Å². The molecule has 3 aromatic carbocycles. The lowest BCUT2D eigenvalue weighted by atomic mass is 10.1. The molecule has 0 aromatic heterocycles. The first kappa shape index (κ1) is 21.5. The summed E-state index contributed by atoms with van der Waals surface area (Å²) >= 11 is 1.51. The minimum Gasteiger partial charge on any atom is -0.478 e. The van der Waals surface area contributed by atoms with Gasteiger partial charge in [-0.15, -0.1) is 0 Å². The number of hydrogen-bond donors (Lipinski definition) is 2. The Morgan fingerprint density at radius 1 is 0.933 bits per heavy atom. The maximum Gasteiger partial charge on any atom is 0.335 e. The molecular formula is C24H24N2O3S. The number of nitrogens with zero attached hydrogens (tertiary/aromatic N) is 1. The lowest BCUT2D eigenvalue weighted by Gasteiger charge is -2.23. The quantitative estimate of drug-likeness (QED) is 0.511. The van der Waals surface area contributed by atoms with Crippen molar-refractivity contribution in [1.82, 2.24) is 5.32 Å². The van der Waals surface area contributed by atoms with Crippen LogP contribution in [0.3, 0.4) is 0 Å². The molecule has 0 aliphatic rings. The first-order valence-corrected chi connectivity index (χ1v) is 10.4. The molecule has 6 heteroatoms. The van der Waals surface area contributed by atoms with Crippen molar-refractivity contribution in [2.75, 3.05) is 10.8 Å². The Bertz CT molecular complexity index is 1030. The van der Waals surface area contributed by atoms with Crippen LogP contribution in [0.5, 0.6) is 0 Å². The Labute approximate surface area is 180 Å². The van der Waals surface area contributed by atoms with Gasteiger partial charge in [0.05, 0.1) is 5.56 Å². The van der Waals surface area contributed by atoms with Gasteiger partial charge in [0, 0.05) is 17.1 Å². The number of nitrogens with one attached hydrogen (secondary N) is 1. The highest BCUT2D eigenvalue weighted by atomic mass is 32.2. The van der Waals surface area contributed by atoms with Gasteiger partial charge >= 0.3 is 5.97 Å². The van der Waals surface area contributed by atoms with E-state index < -0.39 is 5.97 Å². The lowest BCUT2D eigenvalue weighted by molar-refractivity contribution is -0.119. The largest absolute Gasteiger partial charge is 0.478 e. The smallest absolute Gasteiger partial charge is 0.335 e. The standard InChI is InChI=1S/C24H24N2O3S/c1-17-9-11-22(12-10-17)30-26(21-8-3-5-18(2)13-21)16-23(27)25-15-19-6-4-7-20(14-19)24(28)29/h3-14H,15-16H2,1-2H3,(H,25,27)(H,28,29). The lowest BCUT2D eigenvalue weighted by Crippen LogP contribution is -2.33. The van der Waals surface area contributed by atoms with E-state index in [1.807, 2.05) is 66.7 Å². The fraction of sp³-hybridized carbons (Fsp3) is 0.167. The molecule has 0 aliphatic heterocycles. The van der Waals surface area contributed by atoms with Crippen LogP contribution in [-0.2, 0) is 11.3 Å². The molecule has 0 bridgehead atoms. The molecule has 0 aliphatic carbocycles. The first-order valence-electron chi connectivity index (χ1n) is 9.58. The van der Waals surface area contributed by atoms with Crippen LogP contribution < -0.4 is 9.62 Å². The molecule has 30 heavy (non-hydrogen) atoms. The number of carboxylic acids is 1. The highest BCUT2D eigenvalue weighted by molar-refractivity contribution is 8.00. The van der Waals surface area contributed by atoms with Gasteiger partial charge in [0.1, 0.15) is 6.54 Å². The molecule has 0 fully saturated rings. The molecule has 0 heterocycles. The Hall–Kier alpha value is -3.25. The fourth-order valence-corrected chi connectivity index (χ4v) is 3.80. The monoisotopic (exact) mass is 420 g/mol. The first-order chi connectivity index (χ1) is 14.4. The number of aromatic carboxylic acids is 1. The molecule has 1 amide bonds. The van der Waals surface area contributed by atoms with E-state index >= 15 is 0 Å². The van der Waals surface area contributed by atoms with Gasteiger partial charge in [0.15, 0.2) is 0 Å². The van der Waals surface area contributed by atoms with Crippen LogP contribution in [0.4, 0.5) is 5.69 Å².